The first-order valence-electron chi connectivity index (χ1n) is 8.87. The largest absolute Gasteiger partial charge is 0.481 e. The summed E-state index contributed by atoms with van der Waals surface area (Å²) >= 11 is 0. The van der Waals surface area contributed by atoms with Crippen LogP contribution < -0.4 is 16.0 Å². The van der Waals surface area contributed by atoms with Crippen LogP contribution in [0.15, 0.2) is 0 Å². The highest BCUT2D eigenvalue weighted by molar-refractivity contribution is 5.93. The topological polar surface area (TPSA) is 182 Å². The number of nitrogens with one attached hydrogen (secondary N) is 3. The summed E-state index contributed by atoms with van der Waals surface area (Å²) in [6.45, 7) is 6.09. The van der Waals surface area contributed by atoms with Crippen molar-refractivity contribution in [1.82, 2.24) is 16.0 Å². The molecular formula is C17H29N3O8. The van der Waals surface area contributed by atoms with Crippen molar-refractivity contribution in [2.75, 3.05) is 0 Å². The molecule has 4 atom stereocenters. The molecule has 6 N–H and O–H groups in total. The molecule has 0 heterocycles. The van der Waals surface area contributed by atoms with Gasteiger partial charge in [0.05, 0.1) is 12.5 Å². The fourth-order valence-corrected chi connectivity index (χ4v) is 2.23. The van der Waals surface area contributed by atoms with E-state index in [-0.39, 0.29) is 12.8 Å². The van der Waals surface area contributed by atoms with Gasteiger partial charge in [0, 0.05) is 6.42 Å². The van der Waals surface area contributed by atoms with Gasteiger partial charge in [0.1, 0.15) is 18.1 Å². The Morgan fingerprint density at radius 3 is 1.86 bits per heavy atom. The maximum Gasteiger partial charge on any atom is 0.326 e. The van der Waals surface area contributed by atoms with E-state index in [1.54, 1.807) is 13.8 Å². The fourth-order valence-electron chi connectivity index (χ4n) is 2.23. The molecule has 0 bridgehead atoms. The van der Waals surface area contributed by atoms with Gasteiger partial charge in [0.15, 0.2) is 0 Å². The number of aliphatic carboxylic acids is 2. The van der Waals surface area contributed by atoms with Crippen molar-refractivity contribution in [3.05, 3.63) is 0 Å². The van der Waals surface area contributed by atoms with Crippen molar-refractivity contribution in [3.8, 4) is 0 Å². The molecule has 3 amide bonds. The number of carbonyl (C=O) groups excluding carboxylic acids is 3. The molecule has 0 aromatic carbocycles. The van der Waals surface area contributed by atoms with E-state index in [0.29, 0.717) is 0 Å². The van der Waals surface area contributed by atoms with E-state index in [0.717, 1.165) is 0 Å². The number of aliphatic hydroxyl groups is 1. The van der Waals surface area contributed by atoms with Gasteiger partial charge in [-0.05, 0) is 26.2 Å². The smallest absolute Gasteiger partial charge is 0.326 e. The summed E-state index contributed by atoms with van der Waals surface area (Å²) in [5.41, 5.74) is 0. The molecule has 28 heavy (non-hydrogen) atoms. The molecule has 0 aliphatic heterocycles. The van der Waals surface area contributed by atoms with E-state index in [1.165, 1.54) is 13.8 Å². The Labute approximate surface area is 162 Å². The number of rotatable bonds is 12. The molecule has 0 radical (unpaired) electrons. The first kappa shape index (κ1) is 25.3. The van der Waals surface area contributed by atoms with Gasteiger partial charge in [-0.15, -0.1) is 0 Å². The second-order valence-corrected chi connectivity index (χ2v) is 6.90. The maximum atomic E-state index is 12.4. The zero-order valence-corrected chi connectivity index (χ0v) is 16.4. The Kier molecular flexibility index (Phi) is 10.8. The van der Waals surface area contributed by atoms with Crippen molar-refractivity contribution < 1.29 is 39.3 Å². The molecule has 0 aliphatic rings. The van der Waals surface area contributed by atoms with Gasteiger partial charge < -0.3 is 31.3 Å². The zero-order chi connectivity index (χ0) is 22.0. The van der Waals surface area contributed by atoms with Gasteiger partial charge in [-0.1, -0.05) is 13.8 Å². The Bertz CT molecular complexity index is 591. The summed E-state index contributed by atoms with van der Waals surface area (Å²) in [4.78, 5) is 58.1. The maximum absolute atomic E-state index is 12.4. The van der Waals surface area contributed by atoms with E-state index in [9.17, 15) is 29.1 Å². The molecule has 0 aromatic rings. The second-order valence-electron chi connectivity index (χ2n) is 6.90. The van der Waals surface area contributed by atoms with Crippen molar-refractivity contribution in [2.24, 2.45) is 5.92 Å². The van der Waals surface area contributed by atoms with Gasteiger partial charge in [0.2, 0.25) is 17.7 Å². The van der Waals surface area contributed by atoms with Crippen LogP contribution in [-0.4, -0.2) is 69.2 Å². The third kappa shape index (κ3) is 9.86. The SMILES string of the molecule is CC(O)CC(=O)NC(C)C(=O)NC(C(=O)NC(CCC(=O)O)C(=O)O)C(C)C. The first-order valence-corrected chi connectivity index (χ1v) is 8.87. The minimum absolute atomic E-state index is 0.185. The van der Waals surface area contributed by atoms with Crippen molar-refractivity contribution in [2.45, 2.75) is 71.2 Å². The van der Waals surface area contributed by atoms with Crippen molar-refractivity contribution in [3.63, 3.8) is 0 Å². The highest BCUT2D eigenvalue weighted by Crippen LogP contribution is 2.06. The van der Waals surface area contributed by atoms with E-state index in [1.807, 2.05) is 0 Å². The van der Waals surface area contributed by atoms with Crippen LogP contribution in [0.2, 0.25) is 0 Å². The van der Waals surface area contributed by atoms with E-state index in [2.05, 4.69) is 16.0 Å². The van der Waals surface area contributed by atoms with E-state index >= 15 is 0 Å². The standard InChI is InChI=1S/C17H29N3O8/c1-8(2)14(16(26)19-11(17(27)28)5-6-13(23)24)20-15(25)10(4)18-12(22)7-9(3)21/h8-11,14,21H,5-7H2,1-4H3,(H,18,22)(H,19,26)(H,20,25)(H,23,24)(H,27,28). The Morgan fingerprint density at radius 2 is 1.43 bits per heavy atom. The molecule has 0 saturated carbocycles. The highest BCUT2D eigenvalue weighted by Gasteiger charge is 2.30. The summed E-state index contributed by atoms with van der Waals surface area (Å²) in [7, 11) is 0. The van der Waals surface area contributed by atoms with Crippen LogP contribution in [0.25, 0.3) is 0 Å². The molecule has 0 aliphatic carbocycles. The molecule has 0 saturated heterocycles. The van der Waals surface area contributed by atoms with Crippen molar-refractivity contribution >= 4 is 29.7 Å². The van der Waals surface area contributed by atoms with Crippen molar-refractivity contribution in [1.29, 1.82) is 0 Å². The van der Waals surface area contributed by atoms with Crippen LogP contribution in [0.5, 0.6) is 0 Å². The molecule has 0 spiro atoms. The van der Waals surface area contributed by atoms with Crippen LogP contribution in [-0.2, 0) is 24.0 Å². The fraction of sp³-hybridized carbons (Fsp3) is 0.706. The number of hydrogen-bond acceptors (Lipinski definition) is 6. The monoisotopic (exact) mass is 403 g/mol. The van der Waals surface area contributed by atoms with Crippen LogP contribution in [0.4, 0.5) is 0 Å². The van der Waals surface area contributed by atoms with Gasteiger partial charge in [-0.3, -0.25) is 19.2 Å². The number of carboxylic acids is 2. The van der Waals surface area contributed by atoms with Crippen LogP contribution >= 0.6 is 0 Å². The minimum Gasteiger partial charge on any atom is -0.481 e. The average molecular weight is 403 g/mol. The average Bonchev–Trinajstić information content (AvgIpc) is 2.54. The number of amides is 3. The second kappa shape index (κ2) is 11.9. The third-order valence-corrected chi connectivity index (χ3v) is 3.76. The number of hydrogen-bond donors (Lipinski definition) is 6. The summed E-state index contributed by atoms with van der Waals surface area (Å²) in [5.74, 6) is -4.96. The lowest BCUT2D eigenvalue weighted by atomic mass is 10.0. The zero-order valence-electron chi connectivity index (χ0n) is 16.4. The summed E-state index contributed by atoms with van der Waals surface area (Å²) in [6, 6.07) is -3.48. The van der Waals surface area contributed by atoms with Crippen LogP contribution in [0.3, 0.4) is 0 Å². The third-order valence-electron chi connectivity index (χ3n) is 3.76. The van der Waals surface area contributed by atoms with Gasteiger partial charge in [-0.2, -0.15) is 0 Å². The molecule has 0 aromatic heterocycles. The number of aliphatic hydroxyl groups excluding tert-OH is 1. The summed E-state index contributed by atoms with van der Waals surface area (Å²) < 4.78 is 0. The predicted molar refractivity (Wildman–Crippen MR) is 97.1 cm³/mol. The Morgan fingerprint density at radius 1 is 0.857 bits per heavy atom. The quantitative estimate of drug-likeness (QED) is 0.236. The molecule has 160 valence electrons. The summed E-state index contributed by atoms with van der Waals surface area (Å²) in [5, 5.41) is 34.0. The Balaban J connectivity index is 4.97. The lowest BCUT2D eigenvalue weighted by Gasteiger charge is -2.25. The van der Waals surface area contributed by atoms with E-state index in [4.69, 9.17) is 10.2 Å². The lowest BCUT2D eigenvalue weighted by molar-refractivity contribution is -0.143. The molecule has 4 unspecified atom stereocenters. The molecular weight excluding hydrogens is 374 g/mol. The lowest BCUT2D eigenvalue weighted by Crippen LogP contribution is -2.57. The minimum atomic E-state index is -1.41. The Hall–Kier alpha value is -2.69. The predicted octanol–water partition coefficient (Wildman–Crippen LogP) is -1.16. The molecule has 0 fully saturated rings. The number of carboxylic acid groups (broad SMARTS) is 2. The normalized spacial score (nSPS) is 15.1. The van der Waals surface area contributed by atoms with Crippen LogP contribution in [0.1, 0.15) is 47.0 Å². The number of carbonyl (C=O) groups is 5. The molecule has 11 heteroatoms. The van der Waals surface area contributed by atoms with Gasteiger partial charge in [-0.25, -0.2) is 4.79 Å². The van der Waals surface area contributed by atoms with Crippen LogP contribution in [0, 0.1) is 5.92 Å². The highest BCUT2D eigenvalue weighted by atomic mass is 16.4. The van der Waals surface area contributed by atoms with Gasteiger partial charge in [0.25, 0.3) is 0 Å². The van der Waals surface area contributed by atoms with Gasteiger partial charge >= 0.3 is 11.9 Å². The molecule has 11 nitrogen and oxygen atoms in total. The first-order chi connectivity index (χ1) is 12.8. The summed E-state index contributed by atoms with van der Waals surface area (Å²) in [6.07, 6.45) is -1.80. The van der Waals surface area contributed by atoms with E-state index < -0.39 is 66.2 Å². The molecule has 0 rings (SSSR count).